The van der Waals surface area contributed by atoms with Crippen LogP contribution in [0.1, 0.15) is 31.1 Å². The molecule has 0 bridgehead atoms. The number of rotatable bonds is 8. The number of ether oxygens (including phenoxy) is 1. The number of sulfone groups is 1. The number of sulfonamides is 1. The molecular formula is C21H28N2O7S3. The molecule has 0 radical (unpaired) electrons. The van der Waals surface area contributed by atoms with Gasteiger partial charge in [-0.05, 0) is 54.8 Å². The van der Waals surface area contributed by atoms with Gasteiger partial charge in [-0.1, -0.05) is 6.92 Å². The van der Waals surface area contributed by atoms with Crippen LogP contribution in [0.5, 0.6) is 5.75 Å². The van der Waals surface area contributed by atoms with Gasteiger partial charge in [-0.25, -0.2) is 26.6 Å². The molecule has 1 aromatic heterocycles. The lowest BCUT2D eigenvalue weighted by Crippen LogP contribution is -2.41. The maximum atomic E-state index is 13.5. The zero-order chi connectivity index (χ0) is 24.3. The fourth-order valence-electron chi connectivity index (χ4n) is 4.01. The molecule has 2 aromatic rings. The van der Waals surface area contributed by atoms with E-state index in [0.29, 0.717) is 17.0 Å². The van der Waals surface area contributed by atoms with E-state index in [0.717, 1.165) is 10.4 Å². The van der Waals surface area contributed by atoms with Crippen LogP contribution >= 0.6 is 11.3 Å². The molecule has 12 heteroatoms. The minimum absolute atomic E-state index is 0.0317. The Morgan fingerprint density at radius 1 is 1.21 bits per heavy atom. The lowest BCUT2D eigenvalue weighted by atomic mass is 9.97. The van der Waals surface area contributed by atoms with E-state index >= 15 is 0 Å². The number of nitrogens with one attached hydrogen (secondary N) is 1. The number of carbonyl (C=O) groups is 1. The highest BCUT2D eigenvalue weighted by atomic mass is 32.2. The molecule has 182 valence electrons. The first kappa shape index (κ1) is 25.6. The number of amides is 1. The van der Waals surface area contributed by atoms with E-state index in [1.807, 2.05) is 12.1 Å². The summed E-state index contributed by atoms with van der Waals surface area (Å²) in [5.41, 5.74) is 2.39. The standard InChI is InChI=1S/C21H28N2O7S3/c1-3-13-33(28,29)23-11-10-21(15-20(24)22-25,32(26,27)14-12-23)19-9-8-18(31-19)16-4-6-17(30-2)7-5-16/h4-9,25H,3,10-15H2,1-2H3,(H,22,24)/t21-/m0/s1. The summed E-state index contributed by atoms with van der Waals surface area (Å²) < 4.78 is 57.1. The molecule has 9 nitrogen and oxygen atoms in total. The highest BCUT2D eigenvalue weighted by Crippen LogP contribution is 2.45. The first-order chi connectivity index (χ1) is 15.6. The summed E-state index contributed by atoms with van der Waals surface area (Å²) in [5, 5.41) is 9.14. The third-order valence-corrected chi connectivity index (χ3v) is 11.8. The van der Waals surface area contributed by atoms with E-state index in [-0.39, 0.29) is 25.3 Å². The summed E-state index contributed by atoms with van der Waals surface area (Å²) in [5.74, 6) is -0.642. The van der Waals surface area contributed by atoms with Crippen LogP contribution in [-0.2, 0) is 29.4 Å². The van der Waals surface area contributed by atoms with Crippen molar-refractivity contribution in [3.05, 3.63) is 41.3 Å². The van der Waals surface area contributed by atoms with Gasteiger partial charge in [0.15, 0.2) is 9.84 Å². The predicted molar refractivity (Wildman–Crippen MR) is 127 cm³/mol. The second-order valence-corrected chi connectivity index (χ2v) is 13.5. The Morgan fingerprint density at radius 3 is 2.52 bits per heavy atom. The molecule has 2 heterocycles. The van der Waals surface area contributed by atoms with Gasteiger partial charge in [-0.3, -0.25) is 10.0 Å². The van der Waals surface area contributed by atoms with Crippen molar-refractivity contribution in [2.24, 2.45) is 0 Å². The van der Waals surface area contributed by atoms with Gasteiger partial charge >= 0.3 is 0 Å². The van der Waals surface area contributed by atoms with Crippen LogP contribution in [-0.4, -0.2) is 64.0 Å². The molecule has 1 saturated heterocycles. The van der Waals surface area contributed by atoms with Crippen LogP contribution in [0.3, 0.4) is 0 Å². The molecule has 1 aliphatic heterocycles. The van der Waals surface area contributed by atoms with Crippen LogP contribution in [0.25, 0.3) is 10.4 Å². The van der Waals surface area contributed by atoms with E-state index in [1.165, 1.54) is 21.1 Å². The van der Waals surface area contributed by atoms with Crippen LogP contribution in [0.2, 0.25) is 0 Å². The van der Waals surface area contributed by atoms with Gasteiger partial charge in [-0.15, -0.1) is 11.3 Å². The average molecular weight is 517 g/mol. The van der Waals surface area contributed by atoms with Crippen LogP contribution < -0.4 is 10.2 Å². The second-order valence-electron chi connectivity index (χ2n) is 7.88. The monoisotopic (exact) mass is 516 g/mol. The zero-order valence-corrected chi connectivity index (χ0v) is 20.9. The summed E-state index contributed by atoms with van der Waals surface area (Å²) in [6.07, 6.45) is -0.176. The highest BCUT2D eigenvalue weighted by Gasteiger charge is 2.50. The summed E-state index contributed by atoms with van der Waals surface area (Å²) in [4.78, 5) is 13.5. The number of hydroxylamine groups is 1. The smallest absolute Gasteiger partial charge is 0.245 e. The van der Waals surface area contributed by atoms with Crippen molar-refractivity contribution < 1.29 is 31.6 Å². The quantitative estimate of drug-likeness (QED) is 0.407. The van der Waals surface area contributed by atoms with Gasteiger partial charge in [0.2, 0.25) is 15.9 Å². The van der Waals surface area contributed by atoms with Crippen molar-refractivity contribution in [2.75, 3.05) is 31.7 Å². The van der Waals surface area contributed by atoms with Gasteiger partial charge in [0, 0.05) is 22.8 Å². The van der Waals surface area contributed by atoms with Crippen molar-refractivity contribution in [1.29, 1.82) is 0 Å². The zero-order valence-electron chi connectivity index (χ0n) is 18.5. The predicted octanol–water partition coefficient (Wildman–Crippen LogP) is 2.37. The molecule has 1 aliphatic rings. The Balaban J connectivity index is 2.05. The van der Waals surface area contributed by atoms with Gasteiger partial charge in [0.1, 0.15) is 10.5 Å². The number of methoxy groups -OCH3 is 1. The summed E-state index contributed by atoms with van der Waals surface area (Å²) in [6, 6.07) is 10.7. The van der Waals surface area contributed by atoms with Crippen molar-refractivity contribution in [1.82, 2.24) is 9.79 Å². The molecule has 1 atom stereocenters. The topological polar surface area (TPSA) is 130 Å². The van der Waals surface area contributed by atoms with Crippen LogP contribution in [0.4, 0.5) is 0 Å². The maximum Gasteiger partial charge on any atom is 0.245 e. The Labute approximate surface area is 198 Å². The summed E-state index contributed by atoms with van der Waals surface area (Å²) in [6.45, 7) is 1.55. The third-order valence-electron chi connectivity index (χ3n) is 5.83. The van der Waals surface area contributed by atoms with Gasteiger partial charge < -0.3 is 4.74 Å². The minimum Gasteiger partial charge on any atom is -0.497 e. The van der Waals surface area contributed by atoms with Crippen LogP contribution in [0, 0.1) is 0 Å². The van der Waals surface area contributed by atoms with Crippen molar-refractivity contribution in [3.8, 4) is 16.2 Å². The normalized spacial score (nSPS) is 21.3. The first-order valence-corrected chi connectivity index (χ1v) is 14.5. The Bertz CT molecular complexity index is 1190. The van der Waals surface area contributed by atoms with Gasteiger partial charge in [-0.2, -0.15) is 0 Å². The molecule has 0 spiro atoms. The second kappa shape index (κ2) is 10.1. The largest absolute Gasteiger partial charge is 0.497 e. The molecule has 0 unspecified atom stereocenters. The number of thiophene rings is 1. The number of benzene rings is 1. The van der Waals surface area contributed by atoms with E-state index in [2.05, 4.69) is 0 Å². The molecular weight excluding hydrogens is 488 g/mol. The minimum atomic E-state index is -3.96. The first-order valence-electron chi connectivity index (χ1n) is 10.5. The number of carbonyl (C=O) groups excluding carboxylic acids is 1. The lowest BCUT2D eigenvalue weighted by molar-refractivity contribution is -0.129. The molecule has 0 aliphatic carbocycles. The van der Waals surface area contributed by atoms with Gasteiger partial charge in [0.25, 0.3) is 0 Å². The van der Waals surface area contributed by atoms with E-state index in [9.17, 15) is 21.6 Å². The molecule has 1 fully saturated rings. The van der Waals surface area contributed by atoms with Crippen molar-refractivity contribution in [3.63, 3.8) is 0 Å². The Morgan fingerprint density at radius 2 is 1.91 bits per heavy atom. The molecule has 3 rings (SSSR count). The molecule has 1 amide bonds. The fraction of sp³-hybridized carbons (Fsp3) is 0.476. The molecule has 33 heavy (non-hydrogen) atoms. The fourth-order valence-corrected chi connectivity index (χ4v) is 9.25. The van der Waals surface area contributed by atoms with E-state index < -0.39 is 42.7 Å². The molecule has 1 aromatic carbocycles. The van der Waals surface area contributed by atoms with Crippen molar-refractivity contribution in [2.45, 2.75) is 30.9 Å². The highest BCUT2D eigenvalue weighted by molar-refractivity contribution is 7.92. The summed E-state index contributed by atoms with van der Waals surface area (Å²) >= 11 is 1.24. The van der Waals surface area contributed by atoms with Crippen LogP contribution in [0.15, 0.2) is 36.4 Å². The Kier molecular flexibility index (Phi) is 7.84. The number of nitrogens with zero attached hydrogens (tertiary/aromatic N) is 1. The van der Waals surface area contributed by atoms with Crippen molar-refractivity contribution >= 4 is 37.1 Å². The van der Waals surface area contributed by atoms with E-state index in [4.69, 9.17) is 9.94 Å². The average Bonchev–Trinajstić information content (AvgIpc) is 3.23. The van der Waals surface area contributed by atoms with E-state index in [1.54, 1.807) is 38.3 Å². The van der Waals surface area contributed by atoms with Gasteiger partial charge in [0.05, 0.1) is 25.0 Å². The Hall–Kier alpha value is -1.99. The molecule has 2 N–H and O–H groups in total. The number of hydrogen-bond acceptors (Lipinski definition) is 8. The SMILES string of the molecule is CCCS(=O)(=O)N1CC[C@](CC(=O)NO)(c2ccc(-c3ccc(OC)cc3)s2)S(=O)(=O)CC1. The molecule has 0 saturated carbocycles. The maximum absolute atomic E-state index is 13.5. The number of hydrogen-bond donors (Lipinski definition) is 2. The summed E-state index contributed by atoms with van der Waals surface area (Å²) in [7, 11) is -6.00. The third kappa shape index (κ3) is 5.24. The lowest BCUT2D eigenvalue weighted by Gasteiger charge is -2.30.